The number of carbonyl (C=O) groups excluding carboxylic acids is 1. The van der Waals surface area contributed by atoms with Crippen LogP contribution in [0.1, 0.15) is 0 Å². The summed E-state index contributed by atoms with van der Waals surface area (Å²) in [6, 6.07) is 14.4. The summed E-state index contributed by atoms with van der Waals surface area (Å²) >= 11 is 6.01. The molecule has 1 N–H and O–H groups in total. The van der Waals surface area contributed by atoms with Crippen LogP contribution in [0.4, 0.5) is 10.1 Å². The molecule has 0 radical (unpaired) electrons. The first-order chi connectivity index (χ1) is 11.6. The van der Waals surface area contributed by atoms with E-state index in [0.29, 0.717) is 4.47 Å². The third-order valence-corrected chi connectivity index (χ3v) is 5.60. The van der Waals surface area contributed by atoms with Gasteiger partial charge in [-0.3, -0.25) is 4.79 Å². The molecule has 3 nitrogen and oxygen atoms in total. The topological polar surface area (TPSA) is 42.0 Å². The number of rotatable bonds is 5. The SMILES string of the molecule is O=C(CSc1nc(-c2ccccc2)cs1)Nc1ccc(Br)cc1F. The van der Waals surface area contributed by atoms with Gasteiger partial charge in [-0.2, -0.15) is 0 Å². The van der Waals surface area contributed by atoms with E-state index in [-0.39, 0.29) is 17.3 Å². The highest BCUT2D eigenvalue weighted by atomic mass is 79.9. The van der Waals surface area contributed by atoms with Crippen LogP contribution >= 0.6 is 39.0 Å². The number of nitrogens with zero attached hydrogens (tertiary/aromatic N) is 1. The van der Waals surface area contributed by atoms with E-state index in [4.69, 9.17) is 0 Å². The molecule has 0 spiro atoms. The van der Waals surface area contributed by atoms with Crippen LogP contribution in [0.25, 0.3) is 11.3 Å². The van der Waals surface area contributed by atoms with Crippen LogP contribution in [0.3, 0.4) is 0 Å². The first-order valence-corrected chi connectivity index (χ1v) is 9.66. The lowest BCUT2D eigenvalue weighted by Gasteiger charge is -2.05. The Morgan fingerprint density at radius 3 is 2.79 bits per heavy atom. The zero-order valence-corrected chi connectivity index (χ0v) is 15.6. The number of carbonyl (C=O) groups is 1. The molecule has 3 aromatic rings. The molecule has 1 heterocycles. The quantitative estimate of drug-likeness (QED) is 0.556. The summed E-state index contributed by atoms with van der Waals surface area (Å²) in [5, 5.41) is 4.53. The van der Waals surface area contributed by atoms with E-state index in [1.165, 1.54) is 35.2 Å². The Bertz CT molecular complexity index is 855. The predicted octanol–water partition coefficient (Wildman–Crippen LogP) is 5.44. The molecule has 1 amide bonds. The van der Waals surface area contributed by atoms with Crippen molar-refractivity contribution in [3.05, 3.63) is 64.2 Å². The number of amides is 1. The van der Waals surface area contributed by atoms with Crippen molar-refractivity contribution in [1.82, 2.24) is 4.98 Å². The van der Waals surface area contributed by atoms with E-state index in [1.54, 1.807) is 6.07 Å². The molecule has 0 aliphatic heterocycles. The highest BCUT2D eigenvalue weighted by molar-refractivity contribution is 9.10. The van der Waals surface area contributed by atoms with Crippen molar-refractivity contribution in [3.8, 4) is 11.3 Å². The fourth-order valence-corrected chi connectivity index (χ4v) is 3.94. The lowest BCUT2D eigenvalue weighted by atomic mass is 10.2. The maximum atomic E-state index is 13.7. The molecule has 0 saturated heterocycles. The summed E-state index contributed by atoms with van der Waals surface area (Å²) < 4.78 is 15.1. The average Bonchev–Trinajstić information content (AvgIpc) is 3.05. The number of thioether (sulfide) groups is 1. The summed E-state index contributed by atoms with van der Waals surface area (Å²) in [7, 11) is 0. The number of aromatic nitrogens is 1. The first kappa shape index (κ1) is 17.1. The van der Waals surface area contributed by atoms with Crippen molar-refractivity contribution in [2.45, 2.75) is 4.34 Å². The van der Waals surface area contributed by atoms with Gasteiger partial charge in [0.15, 0.2) is 4.34 Å². The Morgan fingerprint density at radius 1 is 1.25 bits per heavy atom. The zero-order chi connectivity index (χ0) is 16.9. The van der Waals surface area contributed by atoms with Crippen molar-refractivity contribution in [2.24, 2.45) is 0 Å². The largest absolute Gasteiger partial charge is 0.323 e. The van der Waals surface area contributed by atoms with Gasteiger partial charge >= 0.3 is 0 Å². The van der Waals surface area contributed by atoms with Crippen LogP contribution < -0.4 is 5.32 Å². The number of hydrogen-bond acceptors (Lipinski definition) is 4. The maximum Gasteiger partial charge on any atom is 0.234 e. The summed E-state index contributed by atoms with van der Waals surface area (Å²) in [5.74, 6) is -0.557. The number of benzene rings is 2. The predicted molar refractivity (Wildman–Crippen MR) is 101 cm³/mol. The normalized spacial score (nSPS) is 10.6. The van der Waals surface area contributed by atoms with Gasteiger partial charge in [0.2, 0.25) is 5.91 Å². The van der Waals surface area contributed by atoms with Gasteiger partial charge in [-0.15, -0.1) is 11.3 Å². The molecule has 0 atom stereocenters. The number of thiazole rings is 1. The Morgan fingerprint density at radius 2 is 2.04 bits per heavy atom. The summed E-state index contributed by atoms with van der Waals surface area (Å²) in [6.45, 7) is 0. The minimum atomic E-state index is -0.469. The molecule has 0 bridgehead atoms. The maximum absolute atomic E-state index is 13.7. The average molecular weight is 423 g/mol. The van der Waals surface area contributed by atoms with Crippen LogP contribution in [-0.2, 0) is 4.79 Å². The Hall–Kier alpha value is -1.70. The highest BCUT2D eigenvalue weighted by Gasteiger charge is 2.10. The number of anilines is 1. The molecule has 0 fully saturated rings. The van der Waals surface area contributed by atoms with Crippen LogP contribution in [0.2, 0.25) is 0 Å². The first-order valence-electron chi connectivity index (χ1n) is 7.00. The Labute approximate surface area is 155 Å². The molecular formula is C17H12BrFN2OS2. The molecular weight excluding hydrogens is 411 g/mol. The summed E-state index contributed by atoms with van der Waals surface area (Å²) in [6.07, 6.45) is 0. The third kappa shape index (κ3) is 4.43. The molecule has 1 aromatic heterocycles. The van der Waals surface area contributed by atoms with Crippen molar-refractivity contribution in [3.63, 3.8) is 0 Å². The lowest BCUT2D eigenvalue weighted by Crippen LogP contribution is -2.14. The molecule has 0 unspecified atom stereocenters. The Kier molecular flexibility index (Phi) is 5.65. The van der Waals surface area contributed by atoms with E-state index in [0.717, 1.165) is 15.6 Å². The third-order valence-electron chi connectivity index (χ3n) is 3.08. The van der Waals surface area contributed by atoms with Crippen molar-refractivity contribution in [1.29, 1.82) is 0 Å². The van der Waals surface area contributed by atoms with E-state index in [2.05, 4.69) is 26.2 Å². The second kappa shape index (κ2) is 7.92. The van der Waals surface area contributed by atoms with E-state index >= 15 is 0 Å². The Balaban J connectivity index is 1.58. The van der Waals surface area contributed by atoms with Crippen LogP contribution in [0.5, 0.6) is 0 Å². The molecule has 122 valence electrons. The van der Waals surface area contributed by atoms with Crippen molar-refractivity contribution >= 4 is 50.6 Å². The van der Waals surface area contributed by atoms with E-state index < -0.39 is 5.82 Å². The fraction of sp³-hybridized carbons (Fsp3) is 0.0588. The zero-order valence-electron chi connectivity index (χ0n) is 12.3. The van der Waals surface area contributed by atoms with Gasteiger partial charge in [0, 0.05) is 15.4 Å². The molecule has 0 aliphatic rings. The minimum absolute atomic E-state index is 0.174. The number of halogens is 2. The van der Waals surface area contributed by atoms with Gasteiger partial charge in [0.1, 0.15) is 5.82 Å². The van der Waals surface area contributed by atoms with Gasteiger partial charge in [-0.25, -0.2) is 9.37 Å². The molecule has 0 aliphatic carbocycles. The molecule has 7 heteroatoms. The smallest absolute Gasteiger partial charge is 0.234 e. The van der Waals surface area contributed by atoms with Gasteiger partial charge in [-0.05, 0) is 18.2 Å². The van der Waals surface area contributed by atoms with E-state index in [1.807, 2.05) is 35.7 Å². The van der Waals surface area contributed by atoms with Crippen molar-refractivity contribution < 1.29 is 9.18 Å². The standard InChI is InChI=1S/C17H12BrFN2OS2/c18-12-6-7-14(13(19)8-12)20-16(22)10-24-17-21-15(9-23-17)11-4-2-1-3-5-11/h1-9H,10H2,(H,20,22). The molecule has 2 aromatic carbocycles. The summed E-state index contributed by atoms with van der Waals surface area (Å²) in [5.41, 5.74) is 2.11. The molecule has 3 rings (SSSR count). The van der Waals surface area contributed by atoms with Crippen LogP contribution in [0.15, 0.2) is 62.7 Å². The monoisotopic (exact) mass is 422 g/mol. The van der Waals surface area contributed by atoms with Gasteiger partial charge in [-0.1, -0.05) is 58.0 Å². The fourth-order valence-electron chi connectivity index (χ4n) is 1.97. The van der Waals surface area contributed by atoms with Crippen LogP contribution in [0, 0.1) is 5.82 Å². The lowest BCUT2D eigenvalue weighted by molar-refractivity contribution is -0.113. The van der Waals surface area contributed by atoms with Crippen LogP contribution in [-0.4, -0.2) is 16.6 Å². The highest BCUT2D eigenvalue weighted by Crippen LogP contribution is 2.28. The summed E-state index contributed by atoms with van der Waals surface area (Å²) in [4.78, 5) is 16.5. The second-order valence-electron chi connectivity index (χ2n) is 4.83. The molecule has 0 saturated carbocycles. The van der Waals surface area contributed by atoms with E-state index in [9.17, 15) is 9.18 Å². The van der Waals surface area contributed by atoms with Gasteiger partial charge in [0.25, 0.3) is 0 Å². The van der Waals surface area contributed by atoms with Gasteiger partial charge < -0.3 is 5.32 Å². The number of nitrogens with one attached hydrogen (secondary N) is 1. The molecule has 24 heavy (non-hydrogen) atoms. The van der Waals surface area contributed by atoms with Crippen molar-refractivity contribution in [2.75, 3.05) is 11.1 Å². The minimum Gasteiger partial charge on any atom is -0.323 e. The second-order valence-corrected chi connectivity index (χ2v) is 7.82. The number of hydrogen-bond donors (Lipinski definition) is 1. The van der Waals surface area contributed by atoms with Gasteiger partial charge in [0.05, 0.1) is 17.1 Å².